The number of fused-ring (bicyclic) bond motifs is 1. The zero-order chi connectivity index (χ0) is 19.0. The molecule has 1 spiro atoms. The Bertz CT molecular complexity index is 869. The van der Waals surface area contributed by atoms with E-state index in [4.69, 9.17) is 0 Å². The maximum absolute atomic E-state index is 12.7. The lowest BCUT2D eigenvalue weighted by Crippen LogP contribution is -2.60. The quantitative estimate of drug-likeness (QED) is 0.654. The fourth-order valence-corrected chi connectivity index (χ4v) is 3.70. The summed E-state index contributed by atoms with van der Waals surface area (Å²) in [7, 11) is 0. The standard InChI is InChI=1S/C19H24N6O2/c1-12-11-20-16(21-12)13(2)22-18(27)25-9-7-19(8-10-25)17(26)23-14-5-3-4-6-15(14)24-19/h3-6,11,13,24H,7-10H2,1-2H3,(H,20,21)(H,22,27)(H,23,26)/t13-/m1/s1. The first kappa shape index (κ1) is 17.4. The summed E-state index contributed by atoms with van der Waals surface area (Å²) >= 11 is 0. The van der Waals surface area contributed by atoms with Crippen molar-refractivity contribution in [2.45, 2.75) is 38.3 Å². The van der Waals surface area contributed by atoms with Gasteiger partial charge in [-0.15, -0.1) is 0 Å². The first-order valence-electron chi connectivity index (χ1n) is 9.22. The number of anilines is 2. The number of hydrogen-bond donors (Lipinski definition) is 4. The maximum Gasteiger partial charge on any atom is 0.317 e. The number of rotatable bonds is 2. The lowest BCUT2D eigenvalue weighted by Gasteiger charge is -2.44. The molecule has 8 heteroatoms. The number of aromatic nitrogens is 2. The Morgan fingerprint density at radius 1 is 1.26 bits per heavy atom. The number of nitrogens with zero attached hydrogens (tertiary/aromatic N) is 2. The van der Waals surface area contributed by atoms with E-state index in [1.165, 1.54) is 0 Å². The fourth-order valence-electron chi connectivity index (χ4n) is 3.70. The molecule has 1 fully saturated rings. The molecule has 0 radical (unpaired) electrons. The third-order valence-electron chi connectivity index (χ3n) is 5.36. The Morgan fingerprint density at radius 3 is 2.63 bits per heavy atom. The van der Waals surface area contributed by atoms with Gasteiger partial charge in [0.05, 0.1) is 17.4 Å². The number of amides is 3. The molecule has 0 bridgehead atoms. The van der Waals surface area contributed by atoms with E-state index in [0.717, 1.165) is 22.9 Å². The van der Waals surface area contributed by atoms with Crippen LogP contribution in [0.2, 0.25) is 0 Å². The number of piperidine rings is 1. The van der Waals surface area contributed by atoms with Crippen LogP contribution in [0.3, 0.4) is 0 Å². The second-order valence-electron chi connectivity index (χ2n) is 7.32. The van der Waals surface area contributed by atoms with Crippen molar-refractivity contribution < 1.29 is 9.59 Å². The van der Waals surface area contributed by atoms with Gasteiger partial charge in [0.15, 0.2) is 0 Å². The highest BCUT2D eigenvalue weighted by Crippen LogP contribution is 2.36. The normalized spacial score (nSPS) is 19.0. The monoisotopic (exact) mass is 368 g/mol. The second kappa shape index (κ2) is 6.61. The molecular weight excluding hydrogens is 344 g/mol. The molecule has 2 aromatic rings. The Labute approximate surface area is 157 Å². The van der Waals surface area contributed by atoms with Gasteiger partial charge in [0.1, 0.15) is 11.4 Å². The Balaban J connectivity index is 1.39. The molecule has 2 aliphatic rings. The van der Waals surface area contributed by atoms with E-state index in [1.807, 2.05) is 38.1 Å². The first-order valence-corrected chi connectivity index (χ1v) is 9.22. The number of aryl methyl sites for hydroxylation is 1. The van der Waals surface area contributed by atoms with Crippen molar-refractivity contribution in [1.29, 1.82) is 0 Å². The van der Waals surface area contributed by atoms with Crippen LogP contribution in [0.25, 0.3) is 0 Å². The summed E-state index contributed by atoms with van der Waals surface area (Å²) in [6.07, 6.45) is 2.87. The zero-order valence-corrected chi connectivity index (χ0v) is 15.5. The first-order chi connectivity index (χ1) is 13.0. The summed E-state index contributed by atoms with van der Waals surface area (Å²) in [4.78, 5) is 34.4. The van der Waals surface area contributed by atoms with Gasteiger partial charge in [-0.05, 0) is 38.8 Å². The molecule has 1 aromatic heterocycles. The van der Waals surface area contributed by atoms with Crippen LogP contribution in [0.1, 0.15) is 37.3 Å². The van der Waals surface area contributed by atoms with Gasteiger partial charge in [-0.3, -0.25) is 4.79 Å². The van der Waals surface area contributed by atoms with Gasteiger partial charge >= 0.3 is 6.03 Å². The summed E-state index contributed by atoms with van der Waals surface area (Å²) in [5, 5.41) is 9.36. The number of nitrogens with one attached hydrogen (secondary N) is 4. The van der Waals surface area contributed by atoms with Crippen molar-refractivity contribution in [3.05, 3.63) is 42.0 Å². The number of carbonyl (C=O) groups excluding carboxylic acids is 2. The van der Waals surface area contributed by atoms with Crippen molar-refractivity contribution in [3.8, 4) is 0 Å². The van der Waals surface area contributed by atoms with E-state index in [0.29, 0.717) is 25.9 Å². The molecule has 1 atom stereocenters. The molecule has 3 heterocycles. The van der Waals surface area contributed by atoms with Gasteiger partial charge in [-0.25, -0.2) is 9.78 Å². The number of urea groups is 1. The van der Waals surface area contributed by atoms with Gasteiger partial charge in [0.2, 0.25) is 5.91 Å². The smallest absolute Gasteiger partial charge is 0.317 e. The molecule has 142 valence electrons. The minimum absolute atomic E-state index is 0.0271. The maximum atomic E-state index is 12.7. The van der Waals surface area contributed by atoms with Crippen LogP contribution >= 0.6 is 0 Å². The second-order valence-corrected chi connectivity index (χ2v) is 7.32. The van der Waals surface area contributed by atoms with Crippen LogP contribution in [0.4, 0.5) is 16.2 Å². The molecule has 2 aliphatic heterocycles. The molecule has 4 rings (SSSR count). The molecule has 1 aromatic carbocycles. The van der Waals surface area contributed by atoms with Crippen molar-refractivity contribution in [2.24, 2.45) is 0 Å². The number of carbonyl (C=O) groups is 2. The van der Waals surface area contributed by atoms with E-state index < -0.39 is 5.54 Å². The molecule has 27 heavy (non-hydrogen) atoms. The molecule has 4 N–H and O–H groups in total. The lowest BCUT2D eigenvalue weighted by molar-refractivity contribution is -0.121. The van der Waals surface area contributed by atoms with Crippen LogP contribution in [0, 0.1) is 6.92 Å². The largest absolute Gasteiger partial charge is 0.369 e. The van der Waals surface area contributed by atoms with Gasteiger partial charge in [-0.1, -0.05) is 12.1 Å². The van der Waals surface area contributed by atoms with Gasteiger partial charge in [-0.2, -0.15) is 0 Å². The minimum Gasteiger partial charge on any atom is -0.369 e. The molecule has 0 unspecified atom stereocenters. The lowest BCUT2D eigenvalue weighted by atomic mass is 9.84. The predicted octanol–water partition coefficient (Wildman–Crippen LogP) is 2.39. The number of para-hydroxylation sites is 2. The van der Waals surface area contributed by atoms with Crippen LogP contribution < -0.4 is 16.0 Å². The van der Waals surface area contributed by atoms with E-state index in [1.54, 1.807) is 11.1 Å². The molecule has 1 saturated heterocycles. The summed E-state index contributed by atoms with van der Waals surface area (Å²) in [5.74, 6) is 0.708. The highest BCUT2D eigenvalue weighted by molar-refractivity contribution is 6.06. The van der Waals surface area contributed by atoms with Gasteiger partial charge in [0.25, 0.3) is 0 Å². The average molecular weight is 368 g/mol. The number of hydrogen-bond acceptors (Lipinski definition) is 4. The van der Waals surface area contributed by atoms with Crippen molar-refractivity contribution in [3.63, 3.8) is 0 Å². The number of benzene rings is 1. The summed E-state index contributed by atoms with van der Waals surface area (Å²) in [5.41, 5.74) is 2.03. The van der Waals surface area contributed by atoms with E-state index in [2.05, 4.69) is 25.9 Å². The van der Waals surface area contributed by atoms with Crippen LogP contribution in [0.15, 0.2) is 30.5 Å². The van der Waals surface area contributed by atoms with Crippen molar-refractivity contribution >= 4 is 23.3 Å². The van der Waals surface area contributed by atoms with E-state index >= 15 is 0 Å². The molecule has 8 nitrogen and oxygen atoms in total. The molecular formula is C19H24N6O2. The molecule has 0 saturated carbocycles. The number of imidazole rings is 1. The van der Waals surface area contributed by atoms with Crippen LogP contribution in [-0.4, -0.2) is 45.4 Å². The number of H-pyrrole nitrogens is 1. The molecule has 0 aliphatic carbocycles. The van der Waals surface area contributed by atoms with Gasteiger partial charge < -0.3 is 25.8 Å². The van der Waals surface area contributed by atoms with E-state index in [9.17, 15) is 9.59 Å². The number of likely N-dealkylation sites (tertiary alicyclic amines) is 1. The summed E-state index contributed by atoms with van der Waals surface area (Å²) in [6, 6.07) is 7.34. The third kappa shape index (κ3) is 3.22. The predicted molar refractivity (Wildman–Crippen MR) is 103 cm³/mol. The average Bonchev–Trinajstić information content (AvgIpc) is 3.10. The summed E-state index contributed by atoms with van der Waals surface area (Å²) < 4.78 is 0. The fraction of sp³-hybridized carbons (Fsp3) is 0.421. The third-order valence-corrected chi connectivity index (χ3v) is 5.36. The Morgan fingerprint density at radius 2 is 1.96 bits per heavy atom. The van der Waals surface area contributed by atoms with Crippen molar-refractivity contribution in [1.82, 2.24) is 20.2 Å². The molecule has 3 amide bonds. The SMILES string of the molecule is Cc1cnc([C@@H](C)NC(=O)N2CCC3(CC2)Nc2ccccc2NC3=O)[nH]1. The Kier molecular flexibility index (Phi) is 4.25. The van der Waals surface area contributed by atoms with Crippen molar-refractivity contribution in [2.75, 3.05) is 23.7 Å². The van der Waals surface area contributed by atoms with Crippen LogP contribution in [-0.2, 0) is 4.79 Å². The highest BCUT2D eigenvalue weighted by Gasteiger charge is 2.45. The Hall–Kier alpha value is -3.03. The zero-order valence-electron chi connectivity index (χ0n) is 15.5. The highest BCUT2D eigenvalue weighted by atomic mass is 16.2. The van der Waals surface area contributed by atoms with E-state index in [-0.39, 0.29) is 18.0 Å². The minimum atomic E-state index is -0.658. The summed E-state index contributed by atoms with van der Waals surface area (Å²) in [6.45, 7) is 4.85. The number of aromatic amines is 1. The van der Waals surface area contributed by atoms with Crippen LogP contribution in [0.5, 0.6) is 0 Å². The van der Waals surface area contributed by atoms with Gasteiger partial charge in [0, 0.05) is 25.0 Å². The topological polar surface area (TPSA) is 102 Å².